The maximum atomic E-state index is 5.66. The first kappa shape index (κ1) is 13.8. The number of likely N-dealkylation sites (N-methyl/N-ethyl adjacent to an activating group) is 1. The second kappa shape index (κ2) is 6.53. The molecular formula is C12H21N5O2. The Labute approximate surface area is 113 Å². The van der Waals surface area contributed by atoms with E-state index in [0.29, 0.717) is 5.88 Å². The Morgan fingerprint density at radius 3 is 2.84 bits per heavy atom. The van der Waals surface area contributed by atoms with Gasteiger partial charge >= 0.3 is 0 Å². The van der Waals surface area contributed by atoms with Gasteiger partial charge in [-0.2, -0.15) is 9.97 Å². The van der Waals surface area contributed by atoms with Crippen LogP contribution in [0.15, 0.2) is 6.07 Å². The van der Waals surface area contributed by atoms with E-state index in [-0.39, 0.29) is 5.95 Å². The van der Waals surface area contributed by atoms with Gasteiger partial charge in [0.1, 0.15) is 5.82 Å². The molecule has 0 unspecified atom stereocenters. The highest BCUT2D eigenvalue weighted by atomic mass is 16.5. The number of anilines is 2. The molecule has 1 saturated heterocycles. The van der Waals surface area contributed by atoms with E-state index >= 15 is 0 Å². The molecule has 0 radical (unpaired) electrons. The fraction of sp³-hybridized carbons (Fsp3) is 0.667. The van der Waals surface area contributed by atoms with Gasteiger partial charge in [-0.15, -0.1) is 0 Å². The second-order valence-corrected chi connectivity index (χ2v) is 4.50. The van der Waals surface area contributed by atoms with Crippen LogP contribution >= 0.6 is 0 Å². The molecule has 0 aromatic carbocycles. The van der Waals surface area contributed by atoms with Crippen molar-refractivity contribution >= 4 is 11.8 Å². The van der Waals surface area contributed by atoms with Gasteiger partial charge in [-0.05, 0) is 0 Å². The molecule has 1 fully saturated rings. The lowest BCUT2D eigenvalue weighted by molar-refractivity contribution is 0.0393. The Kier molecular flexibility index (Phi) is 4.75. The molecule has 0 amide bonds. The Bertz CT molecular complexity index is 409. The van der Waals surface area contributed by atoms with E-state index in [4.69, 9.17) is 15.2 Å². The van der Waals surface area contributed by atoms with Crippen LogP contribution in [0.2, 0.25) is 0 Å². The molecule has 1 aliphatic rings. The second-order valence-electron chi connectivity index (χ2n) is 4.50. The van der Waals surface area contributed by atoms with Crippen LogP contribution in [0, 0.1) is 0 Å². The third-order valence-corrected chi connectivity index (χ3v) is 3.16. The number of rotatable bonds is 5. The third kappa shape index (κ3) is 3.93. The number of nitrogens with zero attached hydrogens (tertiary/aromatic N) is 4. The van der Waals surface area contributed by atoms with Gasteiger partial charge in [-0.1, -0.05) is 0 Å². The van der Waals surface area contributed by atoms with Crippen LogP contribution in [0.1, 0.15) is 0 Å². The van der Waals surface area contributed by atoms with E-state index in [2.05, 4.69) is 19.8 Å². The molecule has 7 nitrogen and oxygen atoms in total. The van der Waals surface area contributed by atoms with Crippen molar-refractivity contribution in [1.29, 1.82) is 0 Å². The molecule has 2 N–H and O–H groups in total. The number of aromatic nitrogens is 2. The van der Waals surface area contributed by atoms with Crippen molar-refractivity contribution in [2.45, 2.75) is 0 Å². The van der Waals surface area contributed by atoms with Gasteiger partial charge in [0.05, 0.1) is 20.3 Å². The summed E-state index contributed by atoms with van der Waals surface area (Å²) in [6, 6.07) is 1.79. The van der Waals surface area contributed by atoms with Crippen LogP contribution < -0.4 is 15.4 Å². The summed E-state index contributed by atoms with van der Waals surface area (Å²) in [6.07, 6.45) is 0. The Morgan fingerprint density at radius 2 is 2.16 bits per heavy atom. The minimum absolute atomic E-state index is 0.229. The molecule has 1 aromatic heterocycles. The highest BCUT2D eigenvalue weighted by Gasteiger charge is 2.12. The molecule has 2 heterocycles. The Morgan fingerprint density at radius 1 is 1.42 bits per heavy atom. The van der Waals surface area contributed by atoms with Gasteiger partial charge in [0.25, 0.3) is 0 Å². The average Bonchev–Trinajstić information content (AvgIpc) is 2.45. The summed E-state index contributed by atoms with van der Waals surface area (Å²) in [7, 11) is 3.56. The quantitative estimate of drug-likeness (QED) is 0.794. The van der Waals surface area contributed by atoms with Crippen molar-refractivity contribution in [2.24, 2.45) is 0 Å². The number of morpholine rings is 1. The van der Waals surface area contributed by atoms with E-state index < -0.39 is 0 Å². The minimum Gasteiger partial charge on any atom is -0.481 e. The van der Waals surface area contributed by atoms with Crippen molar-refractivity contribution in [3.63, 3.8) is 0 Å². The zero-order chi connectivity index (χ0) is 13.7. The first-order valence-electron chi connectivity index (χ1n) is 6.39. The van der Waals surface area contributed by atoms with Crippen molar-refractivity contribution in [3.8, 4) is 5.88 Å². The van der Waals surface area contributed by atoms with Crippen molar-refractivity contribution in [3.05, 3.63) is 6.07 Å². The standard InChI is InChI=1S/C12H21N5O2/c1-16(3-4-17-5-7-19-8-6-17)10-9-11(18-2)15-12(13)14-10/h9H,3-8H2,1-2H3,(H2,13,14,15). The third-order valence-electron chi connectivity index (χ3n) is 3.16. The van der Waals surface area contributed by atoms with Crippen LogP contribution in [0.25, 0.3) is 0 Å². The fourth-order valence-corrected chi connectivity index (χ4v) is 1.96. The molecule has 2 rings (SSSR count). The highest BCUT2D eigenvalue weighted by Crippen LogP contribution is 2.17. The number of nitrogens with two attached hydrogens (primary N) is 1. The Balaban J connectivity index is 1.91. The smallest absolute Gasteiger partial charge is 0.225 e. The van der Waals surface area contributed by atoms with Crippen molar-refractivity contribution in [2.75, 3.05) is 64.2 Å². The molecular weight excluding hydrogens is 246 g/mol. The molecule has 0 aliphatic carbocycles. The molecule has 0 atom stereocenters. The number of methoxy groups -OCH3 is 1. The topological polar surface area (TPSA) is 76.7 Å². The fourth-order valence-electron chi connectivity index (χ4n) is 1.96. The molecule has 1 aliphatic heterocycles. The predicted octanol–water partition coefficient (Wildman–Crippen LogP) is -0.164. The summed E-state index contributed by atoms with van der Waals surface area (Å²) in [5.41, 5.74) is 5.66. The lowest BCUT2D eigenvalue weighted by Gasteiger charge is -2.29. The number of hydrogen-bond donors (Lipinski definition) is 1. The normalized spacial score (nSPS) is 16.3. The first-order chi connectivity index (χ1) is 9.19. The minimum atomic E-state index is 0.229. The van der Waals surface area contributed by atoms with E-state index in [1.165, 1.54) is 0 Å². The summed E-state index contributed by atoms with van der Waals surface area (Å²) in [5, 5.41) is 0. The molecule has 19 heavy (non-hydrogen) atoms. The Hall–Kier alpha value is -1.60. The van der Waals surface area contributed by atoms with Gasteiger partial charge in [0, 0.05) is 39.3 Å². The summed E-state index contributed by atoms with van der Waals surface area (Å²) in [5.74, 6) is 1.49. The van der Waals surface area contributed by atoms with Gasteiger partial charge in [0.2, 0.25) is 11.8 Å². The molecule has 1 aromatic rings. The number of nitrogen functional groups attached to an aromatic ring is 1. The predicted molar refractivity (Wildman–Crippen MR) is 73.5 cm³/mol. The summed E-state index contributed by atoms with van der Waals surface area (Å²) < 4.78 is 10.4. The number of hydrogen-bond acceptors (Lipinski definition) is 7. The molecule has 106 valence electrons. The molecule has 0 saturated carbocycles. The van der Waals surface area contributed by atoms with Crippen LogP contribution in [0.4, 0.5) is 11.8 Å². The summed E-state index contributed by atoms with van der Waals surface area (Å²) >= 11 is 0. The van der Waals surface area contributed by atoms with E-state index in [1.54, 1.807) is 13.2 Å². The van der Waals surface area contributed by atoms with Crippen LogP contribution in [-0.2, 0) is 4.74 Å². The monoisotopic (exact) mass is 267 g/mol. The highest BCUT2D eigenvalue weighted by molar-refractivity contribution is 5.44. The lowest BCUT2D eigenvalue weighted by atomic mass is 10.4. The lowest BCUT2D eigenvalue weighted by Crippen LogP contribution is -2.40. The van der Waals surface area contributed by atoms with Gasteiger partial charge in [0.15, 0.2) is 0 Å². The largest absolute Gasteiger partial charge is 0.481 e. The molecule has 0 spiro atoms. The zero-order valence-electron chi connectivity index (χ0n) is 11.5. The maximum absolute atomic E-state index is 5.66. The van der Waals surface area contributed by atoms with Gasteiger partial charge < -0.3 is 20.1 Å². The van der Waals surface area contributed by atoms with Crippen LogP contribution in [-0.4, -0.2) is 68.4 Å². The number of ether oxygens (including phenoxy) is 2. The average molecular weight is 267 g/mol. The summed E-state index contributed by atoms with van der Waals surface area (Å²) in [4.78, 5) is 12.6. The van der Waals surface area contributed by atoms with Gasteiger partial charge in [-0.25, -0.2) is 0 Å². The van der Waals surface area contributed by atoms with Crippen molar-refractivity contribution in [1.82, 2.24) is 14.9 Å². The van der Waals surface area contributed by atoms with Crippen LogP contribution in [0.5, 0.6) is 5.88 Å². The van der Waals surface area contributed by atoms with Gasteiger partial charge in [-0.3, -0.25) is 4.90 Å². The summed E-state index contributed by atoms with van der Waals surface area (Å²) in [6.45, 7) is 5.47. The van der Waals surface area contributed by atoms with E-state index in [9.17, 15) is 0 Å². The molecule has 7 heteroatoms. The zero-order valence-corrected chi connectivity index (χ0v) is 11.5. The van der Waals surface area contributed by atoms with Crippen LogP contribution in [0.3, 0.4) is 0 Å². The van der Waals surface area contributed by atoms with Crippen molar-refractivity contribution < 1.29 is 9.47 Å². The molecule has 0 bridgehead atoms. The SMILES string of the molecule is COc1cc(N(C)CCN2CCOCC2)nc(N)n1. The first-order valence-corrected chi connectivity index (χ1v) is 6.39. The maximum Gasteiger partial charge on any atom is 0.225 e. The van der Waals surface area contributed by atoms with E-state index in [0.717, 1.165) is 45.2 Å². The van der Waals surface area contributed by atoms with E-state index in [1.807, 2.05) is 7.05 Å².